The molecule has 3 N–H and O–H groups in total. The number of amides is 2. The van der Waals surface area contributed by atoms with E-state index in [1.807, 2.05) is 37.3 Å². The summed E-state index contributed by atoms with van der Waals surface area (Å²) in [6.45, 7) is 2.35. The summed E-state index contributed by atoms with van der Waals surface area (Å²) < 4.78 is 1.54. The molecule has 1 unspecified atom stereocenters. The lowest BCUT2D eigenvalue weighted by Crippen LogP contribution is -2.43. The van der Waals surface area contributed by atoms with Gasteiger partial charge in [0.1, 0.15) is 0 Å². The van der Waals surface area contributed by atoms with Crippen LogP contribution in [0.3, 0.4) is 0 Å². The van der Waals surface area contributed by atoms with Gasteiger partial charge in [-0.1, -0.05) is 18.2 Å². The van der Waals surface area contributed by atoms with Crippen LogP contribution in [0.15, 0.2) is 42.7 Å². The van der Waals surface area contributed by atoms with Gasteiger partial charge in [0.05, 0.1) is 11.9 Å². The fraction of sp³-hybridized carbons (Fsp3) is 0.267. The minimum Gasteiger partial charge on any atom is -0.383 e. The Morgan fingerprint density at radius 3 is 2.55 bits per heavy atom. The van der Waals surface area contributed by atoms with Crippen molar-refractivity contribution in [2.24, 2.45) is 7.05 Å². The third kappa shape index (κ3) is 4.62. The second-order valence-electron chi connectivity index (χ2n) is 4.98. The van der Waals surface area contributed by atoms with Crippen molar-refractivity contribution in [1.29, 1.82) is 0 Å². The Kier molecular flexibility index (Phi) is 5.13. The van der Waals surface area contributed by atoms with Gasteiger partial charge in [0.2, 0.25) is 0 Å². The number of aromatic nitrogens is 2. The predicted molar refractivity (Wildman–Crippen MR) is 84.4 cm³/mol. The molecule has 1 aromatic heterocycles. The number of nitrogens with zero attached hydrogens (tertiary/aromatic N) is 2. The molecule has 1 aromatic carbocycles. The van der Waals surface area contributed by atoms with Gasteiger partial charge in [0, 0.05) is 31.5 Å². The molecule has 0 radical (unpaired) electrons. The van der Waals surface area contributed by atoms with Crippen LogP contribution in [0.1, 0.15) is 6.92 Å². The summed E-state index contributed by atoms with van der Waals surface area (Å²) in [4.78, 5) is 23.5. The number of benzene rings is 1. The standard InChI is InChI=1S/C15H19N5O2/c1-11(8-16-12-6-4-3-5-7-12)18-14(21)15(22)19-13-9-17-20(2)10-13/h3-7,9-11,16H,8H2,1-2H3,(H,18,21)(H,19,22). The molecule has 0 aliphatic heterocycles. The largest absolute Gasteiger partial charge is 0.383 e. The molecular formula is C15H19N5O2. The smallest absolute Gasteiger partial charge is 0.313 e. The third-order valence-electron chi connectivity index (χ3n) is 2.93. The molecule has 7 nitrogen and oxygen atoms in total. The maximum Gasteiger partial charge on any atom is 0.313 e. The Balaban J connectivity index is 1.76. The topological polar surface area (TPSA) is 88.0 Å². The van der Waals surface area contributed by atoms with Crippen LogP contribution >= 0.6 is 0 Å². The van der Waals surface area contributed by atoms with Crippen molar-refractivity contribution < 1.29 is 9.59 Å². The van der Waals surface area contributed by atoms with Gasteiger partial charge in [-0.2, -0.15) is 5.10 Å². The summed E-state index contributed by atoms with van der Waals surface area (Å²) in [5.74, 6) is -1.38. The molecule has 2 rings (SSSR count). The number of carbonyl (C=O) groups is 2. The number of carbonyl (C=O) groups excluding carboxylic acids is 2. The maximum atomic E-state index is 11.8. The number of aryl methyl sites for hydroxylation is 1. The van der Waals surface area contributed by atoms with E-state index < -0.39 is 11.8 Å². The highest BCUT2D eigenvalue weighted by Gasteiger charge is 2.16. The van der Waals surface area contributed by atoms with E-state index in [0.717, 1.165) is 5.69 Å². The van der Waals surface area contributed by atoms with E-state index in [1.54, 1.807) is 17.9 Å². The SMILES string of the molecule is CC(CNc1ccccc1)NC(=O)C(=O)Nc1cnn(C)c1. The van der Waals surface area contributed by atoms with Crippen molar-refractivity contribution in [2.75, 3.05) is 17.2 Å². The zero-order valence-corrected chi connectivity index (χ0v) is 12.5. The minimum atomic E-state index is -0.709. The molecule has 0 saturated carbocycles. The second-order valence-corrected chi connectivity index (χ2v) is 4.98. The fourth-order valence-electron chi connectivity index (χ4n) is 1.84. The van der Waals surface area contributed by atoms with Crippen molar-refractivity contribution >= 4 is 23.2 Å². The van der Waals surface area contributed by atoms with E-state index in [2.05, 4.69) is 21.0 Å². The highest BCUT2D eigenvalue weighted by atomic mass is 16.2. The number of rotatable bonds is 5. The maximum absolute atomic E-state index is 11.8. The number of nitrogens with one attached hydrogen (secondary N) is 3. The normalized spacial score (nSPS) is 11.5. The van der Waals surface area contributed by atoms with Crippen LogP contribution in [-0.2, 0) is 16.6 Å². The molecule has 0 spiro atoms. The van der Waals surface area contributed by atoms with Gasteiger partial charge in [-0.15, -0.1) is 0 Å². The summed E-state index contributed by atoms with van der Waals surface area (Å²) in [6, 6.07) is 9.46. The zero-order valence-electron chi connectivity index (χ0n) is 12.5. The Hall–Kier alpha value is -2.83. The van der Waals surface area contributed by atoms with Gasteiger partial charge < -0.3 is 16.0 Å². The first-order valence-electron chi connectivity index (χ1n) is 6.94. The van der Waals surface area contributed by atoms with Crippen molar-refractivity contribution in [3.63, 3.8) is 0 Å². The molecule has 0 aliphatic carbocycles. The molecule has 2 aromatic rings. The van der Waals surface area contributed by atoms with Crippen molar-refractivity contribution in [3.8, 4) is 0 Å². The molecule has 0 fully saturated rings. The van der Waals surface area contributed by atoms with E-state index in [-0.39, 0.29) is 6.04 Å². The lowest BCUT2D eigenvalue weighted by atomic mass is 10.3. The van der Waals surface area contributed by atoms with Crippen LogP contribution in [0.2, 0.25) is 0 Å². The molecule has 0 aliphatic rings. The number of hydrogen-bond acceptors (Lipinski definition) is 4. The van der Waals surface area contributed by atoms with Gasteiger partial charge in [-0.3, -0.25) is 14.3 Å². The van der Waals surface area contributed by atoms with Gasteiger partial charge in [-0.05, 0) is 19.1 Å². The number of para-hydroxylation sites is 1. The molecule has 0 saturated heterocycles. The quantitative estimate of drug-likeness (QED) is 0.718. The zero-order chi connectivity index (χ0) is 15.9. The average molecular weight is 301 g/mol. The van der Waals surface area contributed by atoms with Crippen LogP contribution in [0.4, 0.5) is 11.4 Å². The van der Waals surface area contributed by atoms with Gasteiger partial charge in [0.15, 0.2) is 0 Å². The van der Waals surface area contributed by atoms with E-state index in [1.165, 1.54) is 6.20 Å². The molecule has 116 valence electrons. The van der Waals surface area contributed by atoms with E-state index in [9.17, 15) is 9.59 Å². The van der Waals surface area contributed by atoms with Crippen molar-refractivity contribution in [2.45, 2.75) is 13.0 Å². The summed E-state index contributed by atoms with van der Waals surface area (Å²) in [6.07, 6.45) is 3.09. The lowest BCUT2D eigenvalue weighted by Gasteiger charge is -2.15. The van der Waals surface area contributed by atoms with E-state index in [0.29, 0.717) is 12.2 Å². The Bertz CT molecular complexity index is 638. The monoisotopic (exact) mass is 301 g/mol. The van der Waals surface area contributed by atoms with Gasteiger partial charge in [-0.25, -0.2) is 0 Å². The summed E-state index contributed by atoms with van der Waals surface area (Å²) in [5, 5.41) is 12.2. The van der Waals surface area contributed by atoms with Crippen molar-refractivity contribution in [3.05, 3.63) is 42.7 Å². The Morgan fingerprint density at radius 1 is 1.18 bits per heavy atom. The highest BCUT2D eigenvalue weighted by molar-refractivity contribution is 6.39. The number of anilines is 2. The molecule has 22 heavy (non-hydrogen) atoms. The Labute approximate surface area is 128 Å². The summed E-state index contributed by atoms with van der Waals surface area (Å²) >= 11 is 0. The highest BCUT2D eigenvalue weighted by Crippen LogP contribution is 2.05. The predicted octanol–water partition coefficient (Wildman–Crippen LogP) is 0.975. The number of hydrogen-bond donors (Lipinski definition) is 3. The van der Waals surface area contributed by atoms with E-state index >= 15 is 0 Å². The van der Waals surface area contributed by atoms with E-state index in [4.69, 9.17) is 0 Å². The first kappa shape index (κ1) is 15.6. The fourth-order valence-corrected chi connectivity index (χ4v) is 1.84. The molecule has 2 amide bonds. The minimum absolute atomic E-state index is 0.188. The third-order valence-corrected chi connectivity index (χ3v) is 2.93. The molecule has 1 heterocycles. The summed E-state index contributed by atoms with van der Waals surface area (Å²) in [7, 11) is 1.73. The molecule has 7 heteroatoms. The van der Waals surface area contributed by atoms with Crippen LogP contribution in [0.5, 0.6) is 0 Å². The second kappa shape index (κ2) is 7.26. The van der Waals surface area contributed by atoms with Crippen LogP contribution in [0.25, 0.3) is 0 Å². The molecular weight excluding hydrogens is 282 g/mol. The first-order chi connectivity index (χ1) is 10.5. The van der Waals surface area contributed by atoms with Crippen LogP contribution in [0, 0.1) is 0 Å². The van der Waals surface area contributed by atoms with Gasteiger partial charge >= 0.3 is 11.8 Å². The molecule has 0 bridgehead atoms. The lowest BCUT2D eigenvalue weighted by molar-refractivity contribution is -0.136. The average Bonchev–Trinajstić information content (AvgIpc) is 2.91. The van der Waals surface area contributed by atoms with Crippen LogP contribution in [-0.4, -0.2) is 34.2 Å². The summed E-state index contributed by atoms with van der Waals surface area (Å²) in [5.41, 5.74) is 1.45. The molecule has 1 atom stereocenters. The van der Waals surface area contributed by atoms with Crippen LogP contribution < -0.4 is 16.0 Å². The first-order valence-corrected chi connectivity index (χ1v) is 6.94. The van der Waals surface area contributed by atoms with Crippen molar-refractivity contribution in [1.82, 2.24) is 15.1 Å². The van der Waals surface area contributed by atoms with Gasteiger partial charge in [0.25, 0.3) is 0 Å². The Morgan fingerprint density at radius 2 is 1.91 bits per heavy atom.